The Hall–Kier alpha value is -2.28. The highest BCUT2D eigenvalue weighted by Gasteiger charge is 2.10. The molecule has 0 aliphatic carbocycles. The summed E-state index contributed by atoms with van der Waals surface area (Å²) in [6.07, 6.45) is 0.634. The van der Waals surface area contributed by atoms with E-state index in [9.17, 15) is 10.1 Å². The maximum atomic E-state index is 10.8. The first kappa shape index (κ1) is 14.1. The van der Waals surface area contributed by atoms with Gasteiger partial charge in [-0.15, -0.1) is 0 Å². The van der Waals surface area contributed by atoms with E-state index in [0.717, 1.165) is 5.56 Å². The summed E-state index contributed by atoms with van der Waals surface area (Å²) in [6.45, 7) is 4.73. The number of rotatable bonds is 6. The summed E-state index contributed by atoms with van der Waals surface area (Å²) < 4.78 is 4.99. The molecule has 1 heterocycles. The fourth-order valence-electron chi connectivity index (χ4n) is 1.83. The zero-order valence-electron chi connectivity index (χ0n) is 11.4. The Labute approximate surface area is 116 Å². The predicted octanol–water partition coefficient (Wildman–Crippen LogP) is 1.93. The van der Waals surface area contributed by atoms with Crippen LogP contribution in [-0.2, 0) is 13.0 Å². The molecule has 2 aromatic rings. The van der Waals surface area contributed by atoms with Crippen LogP contribution < -0.4 is 5.32 Å². The summed E-state index contributed by atoms with van der Waals surface area (Å²) in [7, 11) is 0. The molecule has 0 aliphatic heterocycles. The summed E-state index contributed by atoms with van der Waals surface area (Å²) in [4.78, 5) is 14.6. The average Bonchev–Trinajstić information content (AvgIpc) is 2.82. The Morgan fingerprint density at radius 1 is 1.40 bits per heavy atom. The first-order chi connectivity index (χ1) is 9.56. The number of hydrogen-bond donors (Lipinski definition) is 1. The SMILES string of the molecule is Cc1noc(CCNCc2ccc(C)c([N+](=O)[O-])c2)n1. The van der Waals surface area contributed by atoms with E-state index in [2.05, 4.69) is 15.5 Å². The van der Waals surface area contributed by atoms with E-state index in [4.69, 9.17) is 4.52 Å². The molecular formula is C13H16N4O3. The zero-order valence-corrected chi connectivity index (χ0v) is 11.4. The first-order valence-corrected chi connectivity index (χ1v) is 6.30. The molecule has 0 aliphatic rings. The van der Waals surface area contributed by atoms with Gasteiger partial charge in [-0.25, -0.2) is 0 Å². The maximum Gasteiger partial charge on any atom is 0.272 e. The molecule has 1 aromatic carbocycles. The van der Waals surface area contributed by atoms with Crippen molar-refractivity contribution in [1.29, 1.82) is 0 Å². The van der Waals surface area contributed by atoms with Crippen LogP contribution in [0.3, 0.4) is 0 Å². The van der Waals surface area contributed by atoms with Crippen molar-refractivity contribution in [2.75, 3.05) is 6.54 Å². The van der Waals surface area contributed by atoms with Gasteiger partial charge in [0.1, 0.15) is 0 Å². The molecule has 0 spiro atoms. The Morgan fingerprint density at radius 3 is 2.85 bits per heavy atom. The van der Waals surface area contributed by atoms with Crippen molar-refractivity contribution >= 4 is 5.69 Å². The van der Waals surface area contributed by atoms with Crippen LogP contribution in [0.15, 0.2) is 22.7 Å². The van der Waals surface area contributed by atoms with Gasteiger partial charge in [-0.2, -0.15) is 4.98 Å². The third kappa shape index (κ3) is 3.61. The van der Waals surface area contributed by atoms with Crippen LogP contribution in [-0.4, -0.2) is 21.6 Å². The second-order valence-electron chi connectivity index (χ2n) is 4.54. The van der Waals surface area contributed by atoms with Gasteiger partial charge in [0.25, 0.3) is 5.69 Å². The fourth-order valence-corrected chi connectivity index (χ4v) is 1.83. The molecule has 2 rings (SSSR count). The molecule has 0 fully saturated rings. The lowest BCUT2D eigenvalue weighted by Gasteiger charge is -2.04. The van der Waals surface area contributed by atoms with Gasteiger partial charge in [-0.1, -0.05) is 17.3 Å². The van der Waals surface area contributed by atoms with E-state index in [0.29, 0.717) is 36.8 Å². The highest BCUT2D eigenvalue weighted by atomic mass is 16.6. The molecule has 0 bridgehead atoms. The molecule has 0 atom stereocenters. The molecule has 0 amide bonds. The molecule has 0 saturated heterocycles. The van der Waals surface area contributed by atoms with E-state index in [-0.39, 0.29) is 10.6 Å². The standard InChI is InChI=1S/C13H16N4O3/c1-9-3-4-11(7-12(9)17(18)19)8-14-6-5-13-15-10(2)16-20-13/h3-4,7,14H,5-6,8H2,1-2H3. The minimum atomic E-state index is -0.361. The second-order valence-corrected chi connectivity index (χ2v) is 4.54. The summed E-state index contributed by atoms with van der Waals surface area (Å²) in [5, 5.41) is 17.7. The average molecular weight is 276 g/mol. The van der Waals surface area contributed by atoms with Gasteiger partial charge in [0.2, 0.25) is 5.89 Å². The second kappa shape index (κ2) is 6.25. The van der Waals surface area contributed by atoms with Crippen LogP contribution in [0.4, 0.5) is 5.69 Å². The lowest BCUT2D eigenvalue weighted by atomic mass is 10.1. The molecule has 106 valence electrons. The summed E-state index contributed by atoms with van der Waals surface area (Å²) in [6, 6.07) is 5.24. The largest absolute Gasteiger partial charge is 0.339 e. The van der Waals surface area contributed by atoms with Crippen LogP contribution >= 0.6 is 0 Å². The number of nitro groups is 1. The van der Waals surface area contributed by atoms with Gasteiger partial charge in [0.15, 0.2) is 5.82 Å². The van der Waals surface area contributed by atoms with Gasteiger partial charge in [0.05, 0.1) is 4.92 Å². The Bertz CT molecular complexity index is 609. The van der Waals surface area contributed by atoms with E-state index in [1.54, 1.807) is 26.0 Å². The molecule has 0 saturated carbocycles. The zero-order chi connectivity index (χ0) is 14.5. The fraction of sp³-hybridized carbons (Fsp3) is 0.385. The van der Waals surface area contributed by atoms with Gasteiger partial charge in [0, 0.05) is 31.1 Å². The van der Waals surface area contributed by atoms with Crippen molar-refractivity contribution in [2.45, 2.75) is 26.8 Å². The van der Waals surface area contributed by atoms with Gasteiger partial charge >= 0.3 is 0 Å². The van der Waals surface area contributed by atoms with Crippen LogP contribution in [0.25, 0.3) is 0 Å². The highest BCUT2D eigenvalue weighted by Crippen LogP contribution is 2.18. The van der Waals surface area contributed by atoms with E-state index >= 15 is 0 Å². The molecular weight excluding hydrogens is 260 g/mol. The smallest absolute Gasteiger partial charge is 0.272 e. The van der Waals surface area contributed by atoms with Gasteiger partial charge in [-0.3, -0.25) is 10.1 Å². The third-order valence-electron chi connectivity index (χ3n) is 2.88. The molecule has 7 nitrogen and oxygen atoms in total. The molecule has 0 radical (unpaired) electrons. The number of nitrogens with zero attached hydrogens (tertiary/aromatic N) is 3. The van der Waals surface area contributed by atoms with Crippen LogP contribution in [0.5, 0.6) is 0 Å². The molecule has 20 heavy (non-hydrogen) atoms. The van der Waals surface area contributed by atoms with Crippen molar-refractivity contribution in [2.24, 2.45) is 0 Å². The summed E-state index contributed by atoms with van der Waals surface area (Å²) in [5.41, 5.74) is 1.70. The van der Waals surface area contributed by atoms with Crippen molar-refractivity contribution in [3.63, 3.8) is 0 Å². The van der Waals surface area contributed by atoms with E-state index < -0.39 is 0 Å². The number of aromatic nitrogens is 2. The molecule has 1 aromatic heterocycles. The Balaban J connectivity index is 1.85. The minimum Gasteiger partial charge on any atom is -0.339 e. The number of benzene rings is 1. The normalized spacial score (nSPS) is 10.7. The quantitative estimate of drug-likeness (QED) is 0.492. The van der Waals surface area contributed by atoms with Crippen molar-refractivity contribution in [3.8, 4) is 0 Å². The molecule has 7 heteroatoms. The Kier molecular flexibility index (Phi) is 4.41. The van der Waals surface area contributed by atoms with Crippen LogP contribution in [0.2, 0.25) is 0 Å². The molecule has 1 N–H and O–H groups in total. The lowest BCUT2D eigenvalue weighted by Crippen LogP contribution is -2.17. The topological polar surface area (TPSA) is 94.1 Å². The van der Waals surface area contributed by atoms with E-state index in [1.807, 2.05) is 6.07 Å². The van der Waals surface area contributed by atoms with Crippen LogP contribution in [0, 0.1) is 24.0 Å². The number of hydrogen-bond acceptors (Lipinski definition) is 6. The molecule has 0 unspecified atom stereocenters. The van der Waals surface area contributed by atoms with Crippen molar-refractivity contribution in [1.82, 2.24) is 15.5 Å². The lowest BCUT2D eigenvalue weighted by molar-refractivity contribution is -0.385. The number of nitrogens with one attached hydrogen (secondary N) is 1. The monoisotopic (exact) mass is 276 g/mol. The number of nitro benzene ring substituents is 1. The van der Waals surface area contributed by atoms with Gasteiger partial charge in [-0.05, 0) is 19.4 Å². The van der Waals surface area contributed by atoms with Crippen molar-refractivity contribution < 1.29 is 9.45 Å². The van der Waals surface area contributed by atoms with E-state index in [1.165, 1.54) is 0 Å². The number of aryl methyl sites for hydroxylation is 2. The van der Waals surface area contributed by atoms with Crippen molar-refractivity contribution in [3.05, 3.63) is 51.2 Å². The highest BCUT2D eigenvalue weighted by molar-refractivity contribution is 5.42. The third-order valence-corrected chi connectivity index (χ3v) is 2.88. The maximum absolute atomic E-state index is 10.8. The summed E-state index contributed by atoms with van der Waals surface area (Å²) >= 11 is 0. The Morgan fingerprint density at radius 2 is 2.20 bits per heavy atom. The predicted molar refractivity (Wildman–Crippen MR) is 72.3 cm³/mol. The summed E-state index contributed by atoms with van der Waals surface area (Å²) in [5.74, 6) is 1.21. The van der Waals surface area contributed by atoms with Gasteiger partial charge < -0.3 is 9.84 Å². The minimum absolute atomic E-state index is 0.150. The van der Waals surface area contributed by atoms with Crippen LogP contribution in [0.1, 0.15) is 22.8 Å². The first-order valence-electron chi connectivity index (χ1n) is 6.30.